The molecule has 2 amide bonds. The van der Waals surface area contributed by atoms with Crippen molar-refractivity contribution in [3.05, 3.63) is 59.2 Å². The van der Waals surface area contributed by atoms with Gasteiger partial charge in [0, 0.05) is 11.8 Å². The molecule has 0 atom stereocenters. The number of carbonyl (C=O) groups excluding carboxylic acids is 3. The van der Waals surface area contributed by atoms with Crippen molar-refractivity contribution in [1.29, 1.82) is 0 Å². The topological polar surface area (TPSA) is 93.7 Å². The predicted molar refractivity (Wildman–Crippen MR) is 96.0 cm³/mol. The molecule has 0 spiro atoms. The van der Waals surface area contributed by atoms with Crippen LogP contribution in [0.15, 0.2) is 36.4 Å². The van der Waals surface area contributed by atoms with E-state index in [9.17, 15) is 23.2 Å². The van der Waals surface area contributed by atoms with Crippen molar-refractivity contribution in [1.82, 2.24) is 5.32 Å². The zero-order valence-corrected chi connectivity index (χ0v) is 15.2. The predicted octanol–water partition coefficient (Wildman–Crippen LogP) is 2.19. The van der Waals surface area contributed by atoms with Crippen LogP contribution in [-0.4, -0.2) is 38.0 Å². The molecule has 2 aromatic carbocycles. The first-order chi connectivity index (χ1) is 13.3. The quantitative estimate of drug-likeness (QED) is 0.705. The van der Waals surface area contributed by atoms with Crippen LogP contribution in [0.3, 0.4) is 0 Å². The van der Waals surface area contributed by atoms with Gasteiger partial charge in [0.1, 0.15) is 5.75 Å². The minimum atomic E-state index is -1.11. The molecule has 148 valence electrons. The van der Waals surface area contributed by atoms with Gasteiger partial charge in [0.15, 0.2) is 18.2 Å². The number of esters is 1. The lowest BCUT2D eigenvalue weighted by molar-refractivity contribution is -0.126. The lowest BCUT2D eigenvalue weighted by Gasteiger charge is -2.09. The molecular formula is C19H18F2N2O5. The van der Waals surface area contributed by atoms with Gasteiger partial charge in [0.25, 0.3) is 5.91 Å². The summed E-state index contributed by atoms with van der Waals surface area (Å²) in [5.74, 6) is -3.73. The summed E-state index contributed by atoms with van der Waals surface area (Å²) < 4.78 is 35.9. The van der Waals surface area contributed by atoms with Crippen LogP contribution in [0.4, 0.5) is 14.5 Å². The molecule has 2 rings (SSSR count). The van der Waals surface area contributed by atoms with Crippen molar-refractivity contribution in [2.45, 2.75) is 6.92 Å². The highest BCUT2D eigenvalue weighted by Gasteiger charge is 2.13. The van der Waals surface area contributed by atoms with Crippen LogP contribution in [0, 0.1) is 18.6 Å². The number of nitrogens with one attached hydrogen (secondary N) is 2. The van der Waals surface area contributed by atoms with Crippen LogP contribution in [-0.2, 0) is 14.3 Å². The number of amides is 2. The van der Waals surface area contributed by atoms with Crippen LogP contribution in [0.2, 0.25) is 0 Å². The first-order valence-electron chi connectivity index (χ1n) is 8.13. The lowest BCUT2D eigenvalue weighted by atomic mass is 10.1. The highest BCUT2D eigenvalue weighted by molar-refractivity contribution is 5.95. The SMILES string of the molecule is COc1cc(C(=O)OCC(=O)NCC(=O)Nc2ccc(F)c(F)c2)ccc1C. The van der Waals surface area contributed by atoms with Gasteiger partial charge in [0.2, 0.25) is 5.91 Å². The smallest absolute Gasteiger partial charge is 0.338 e. The van der Waals surface area contributed by atoms with E-state index >= 15 is 0 Å². The zero-order chi connectivity index (χ0) is 20.7. The Morgan fingerprint density at radius 1 is 1.00 bits per heavy atom. The van der Waals surface area contributed by atoms with E-state index in [1.165, 1.54) is 25.3 Å². The second-order valence-electron chi connectivity index (χ2n) is 5.71. The molecule has 28 heavy (non-hydrogen) atoms. The normalized spacial score (nSPS) is 10.1. The van der Waals surface area contributed by atoms with Crippen molar-refractivity contribution in [3.63, 3.8) is 0 Å². The van der Waals surface area contributed by atoms with Gasteiger partial charge in [0.05, 0.1) is 19.2 Å². The number of hydrogen-bond acceptors (Lipinski definition) is 5. The number of hydrogen-bond donors (Lipinski definition) is 2. The van der Waals surface area contributed by atoms with Crippen LogP contribution in [0.1, 0.15) is 15.9 Å². The number of methoxy groups -OCH3 is 1. The van der Waals surface area contributed by atoms with E-state index in [-0.39, 0.29) is 11.3 Å². The van der Waals surface area contributed by atoms with Gasteiger partial charge < -0.3 is 20.1 Å². The van der Waals surface area contributed by atoms with Gasteiger partial charge in [-0.3, -0.25) is 9.59 Å². The monoisotopic (exact) mass is 392 g/mol. The molecule has 0 heterocycles. The van der Waals surface area contributed by atoms with E-state index in [1.54, 1.807) is 6.07 Å². The summed E-state index contributed by atoms with van der Waals surface area (Å²) in [5.41, 5.74) is 1.09. The Kier molecular flexibility index (Phi) is 7.02. The van der Waals surface area contributed by atoms with Gasteiger partial charge in [-0.1, -0.05) is 6.07 Å². The molecule has 0 radical (unpaired) electrons. The largest absolute Gasteiger partial charge is 0.496 e. The van der Waals surface area contributed by atoms with Crippen LogP contribution in [0.25, 0.3) is 0 Å². The summed E-state index contributed by atoms with van der Waals surface area (Å²) in [6.45, 7) is 0.786. The van der Waals surface area contributed by atoms with Gasteiger partial charge in [-0.05, 0) is 36.8 Å². The van der Waals surface area contributed by atoms with Crippen molar-refractivity contribution >= 4 is 23.5 Å². The van der Waals surface area contributed by atoms with Crippen molar-refractivity contribution in [2.75, 3.05) is 25.6 Å². The summed E-state index contributed by atoms with van der Waals surface area (Å²) in [6, 6.07) is 7.56. The Balaban J connectivity index is 1.78. The zero-order valence-electron chi connectivity index (χ0n) is 15.2. The van der Waals surface area contributed by atoms with Gasteiger partial charge in [-0.25, -0.2) is 13.6 Å². The Bertz CT molecular complexity index is 902. The Labute approximate surface area is 159 Å². The van der Waals surface area contributed by atoms with Crippen LogP contribution in [0.5, 0.6) is 5.75 Å². The number of rotatable bonds is 7. The fourth-order valence-electron chi connectivity index (χ4n) is 2.17. The highest BCUT2D eigenvalue weighted by Crippen LogP contribution is 2.19. The van der Waals surface area contributed by atoms with Crippen LogP contribution < -0.4 is 15.4 Å². The third kappa shape index (κ3) is 5.76. The fraction of sp³-hybridized carbons (Fsp3) is 0.211. The Hall–Kier alpha value is -3.49. The number of carbonyl (C=O) groups is 3. The van der Waals surface area contributed by atoms with Gasteiger partial charge in [-0.15, -0.1) is 0 Å². The summed E-state index contributed by atoms with van der Waals surface area (Å²) in [5, 5.41) is 4.54. The molecule has 0 aromatic heterocycles. The lowest BCUT2D eigenvalue weighted by Crippen LogP contribution is -2.35. The molecule has 0 aliphatic heterocycles. The molecular weight excluding hydrogens is 374 g/mol. The molecule has 0 unspecified atom stereocenters. The first kappa shape index (κ1) is 20.8. The van der Waals surface area contributed by atoms with Gasteiger partial charge >= 0.3 is 5.97 Å². The average Bonchev–Trinajstić information content (AvgIpc) is 2.67. The second-order valence-corrected chi connectivity index (χ2v) is 5.71. The third-order valence-corrected chi connectivity index (χ3v) is 3.63. The van der Waals surface area contributed by atoms with Crippen molar-refractivity contribution < 1.29 is 32.6 Å². The summed E-state index contributed by atoms with van der Waals surface area (Å²) in [7, 11) is 1.47. The maximum atomic E-state index is 13.1. The minimum Gasteiger partial charge on any atom is -0.496 e. The molecule has 2 aromatic rings. The van der Waals surface area contributed by atoms with E-state index < -0.39 is 42.6 Å². The molecule has 0 saturated carbocycles. The minimum absolute atomic E-state index is 0.0397. The molecule has 2 N–H and O–H groups in total. The standard InChI is InChI=1S/C19H18F2N2O5/c1-11-3-4-12(7-16(11)27-2)19(26)28-10-18(25)22-9-17(24)23-13-5-6-14(20)15(21)8-13/h3-8H,9-10H2,1-2H3,(H,22,25)(H,23,24). The Morgan fingerprint density at radius 2 is 1.75 bits per heavy atom. The molecule has 9 heteroatoms. The average molecular weight is 392 g/mol. The summed E-state index contributed by atoms with van der Waals surface area (Å²) in [4.78, 5) is 35.4. The number of aryl methyl sites for hydroxylation is 1. The fourth-order valence-corrected chi connectivity index (χ4v) is 2.17. The van der Waals surface area contributed by atoms with E-state index in [2.05, 4.69) is 10.6 Å². The first-order valence-corrected chi connectivity index (χ1v) is 8.13. The maximum absolute atomic E-state index is 13.1. The third-order valence-electron chi connectivity index (χ3n) is 3.63. The van der Waals surface area contributed by atoms with Crippen LogP contribution >= 0.6 is 0 Å². The van der Waals surface area contributed by atoms with Gasteiger partial charge in [-0.2, -0.15) is 0 Å². The summed E-state index contributed by atoms with van der Waals surface area (Å²) >= 11 is 0. The molecule has 0 fully saturated rings. The van der Waals surface area contributed by atoms with Crippen molar-refractivity contribution in [3.8, 4) is 5.75 Å². The number of ether oxygens (including phenoxy) is 2. The Morgan fingerprint density at radius 3 is 2.43 bits per heavy atom. The highest BCUT2D eigenvalue weighted by atomic mass is 19.2. The number of halogens is 2. The number of anilines is 1. The van der Waals surface area contributed by atoms with E-state index in [0.717, 1.165) is 17.7 Å². The van der Waals surface area contributed by atoms with Crippen molar-refractivity contribution in [2.24, 2.45) is 0 Å². The molecule has 0 aliphatic rings. The van der Waals surface area contributed by atoms with E-state index in [4.69, 9.17) is 9.47 Å². The van der Waals surface area contributed by atoms with E-state index in [0.29, 0.717) is 5.75 Å². The second kappa shape index (κ2) is 9.45. The molecule has 0 bridgehead atoms. The maximum Gasteiger partial charge on any atom is 0.338 e. The molecule has 0 saturated heterocycles. The van der Waals surface area contributed by atoms with E-state index in [1.807, 2.05) is 6.92 Å². The molecule has 0 aliphatic carbocycles. The molecule has 7 nitrogen and oxygen atoms in total. The number of benzene rings is 2. The summed E-state index contributed by atoms with van der Waals surface area (Å²) in [6.07, 6.45) is 0.